The van der Waals surface area contributed by atoms with E-state index < -0.39 is 0 Å². The Morgan fingerprint density at radius 3 is 3.25 bits per heavy atom. The number of pyridine rings is 1. The van der Waals surface area contributed by atoms with Crippen LogP contribution in [0.1, 0.15) is 36.5 Å². The Bertz CT molecular complexity index is 607. The molecule has 2 aromatic heterocycles. The van der Waals surface area contributed by atoms with Crippen LogP contribution >= 0.6 is 0 Å². The summed E-state index contributed by atoms with van der Waals surface area (Å²) in [4.78, 5) is 12.3. The summed E-state index contributed by atoms with van der Waals surface area (Å²) in [5.41, 5.74) is 1.48. The van der Waals surface area contributed by atoms with Crippen molar-refractivity contribution in [2.75, 3.05) is 6.54 Å². The van der Waals surface area contributed by atoms with Crippen molar-refractivity contribution in [1.29, 1.82) is 0 Å². The highest BCUT2D eigenvalue weighted by Gasteiger charge is 2.19. The van der Waals surface area contributed by atoms with Gasteiger partial charge in [0.15, 0.2) is 0 Å². The van der Waals surface area contributed by atoms with Gasteiger partial charge in [0, 0.05) is 24.8 Å². The Morgan fingerprint density at radius 1 is 1.50 bits per heavy atom. The summed E-state index contributed by atoms with van der Waals surface area (Å²) >= 11 is 0. The summed E-state index contributed by atoms with van der Waals surface area (Å²) in [6.07, 6.45) is 7.04. The zero-order valence-corrected chi connectivity index (χ0v) is 11.7. The minimum atomic E-state index is -0.0498. The molecule has 1 amide bonds. The number of hydrogen-bond donors (Lipinski definition) is 2. The van der Waals surface area contributed by atoms with Gasteiger partial charge in [-0.25, -0.2) is 4.52 Å². The molecule has 0 saturated carbocycles. The molecule has 1 saturated heterocycles. The Balaban J connectivity index is 1.64. The highest BCUT2D eigenvalue weighted by atomic mass is 16.1. The summed E-state index contributed by atoms with van der Waals surface area (Å²) in [6, 6.07) is 6.64. The van der Waals surface area contributed by atoms with Crippen molar-refractivity contribution in [2.24, 2.45) is 0 Å². The third kappa shape index (κ3) is 2.67. The van der Waals surface area contributed by atoms with E-state index in [2.05, 4.69) is 22.7 Å². The smallest absolute Gasteiger partial charge is 0.255 e. The molecule has 0 aliphatic carbocycles. The SMILES string of the molecule is CC1CCCC(CNC(=O)c2cnn3ccccc23)N1. The average molecular weight is 272 g/mol. The first kappa shape index (κ1) is 13.1. The van der Waals surface area contributed by atoms with Crippen molar-refractivity contribution < 1.29 is 4.79 Å². The van der Waals surface area contributed by atoms with Gasteiger partial charge in [-0.1, -0.05) is 12.5 Å². The minimum absolute atomic E-state index is 0.0498. The van der Waals surface area contributed by atoms with E-state index >= 15 is 0 Å². The fraction of sp³-hybridized carbons (Fsp3) is 0.467. The third-order valence-corrected chi connectivity index (χ3v) is 3.89. The van der Waals surface area contributed by atoms with Crippen LogP contribution < -0.4 is 10.6 Å². The number of hydrogen-bond acceptors (Lipinski definition) is 3. The maximum Gasteiger partial charge on any atom is 0.255 e. The minimum Gasteiger partial charge on any atom is -0.350 e. The highest BCUT2D eigenvalue weighted by molar-refractivity contribution is 6.00. The molecule has 106 valence electrons. The van der Waals surface area contributed by atoms with E-state index in [1.165, 1.54) is 12.8 Å². The molecule has 1 fully saturated rings. The molecule has 2 atom stereocenters. The molecule has 2 aromatic rings. The molecule has 3 rings (SSSR count). The largest absolute Gasteiger partial charge is 0.350 e. The number of nitrogens with one attached hydrogen (secondary N) is 2. The lowest BCUT2D eigenvalue weighted by atomic mass is 9.99. The van der Waals surface area contributed by atoms with Crippen molar-refractivity contribution >= 4 is 11.4 Å². The number of nitrogens with zero attached hydrogens (tertiary/aromatic N) is 2. The van der Waals surface area contributed by atoms with Crippen molar-refractivity contribution in [3.8, 4) is 0 Å². The molecule has 20 heavy (non-hydrogen) atoms. The van der Waals surface area contributed by atoms with Crippen molar-refractivity contribution in [3.63, 3.8) is 0 Å². The van der Waals surface area contributed by atoms with E-state index in [1.54, 1.807) is 10.7 Å². The van der Waals surface area contributed by atoms with Crippen LogP contribution in [0.4, 0.5) is 0 Å². The van der Waals surface area contributed by atoms with E-state index in [4.69, 9.17) is 0 Å². The molecule has 1 aliphatic rings. The highest BCUT2D eigenvalue weighted by Crippen LogP contribution is 2.13. The molecule has 5 heteroatoms. The number of piperidine rings is 1. The first-order valence-electron chi connectivity index (χ1n) is 7.20. The molecule has 2 unspecified atom stereocenters. The molecule has 2 N–H and O–H groups in total. The zero-order valence-electron chi connectivity index (χ0n) is 11.7. The summed E-state index contributed by atoms with van der Waals surface area (Å²) in [5, 5.41) is 10.7. The maximum atomic E-state index is 12.3. The lowest BCUT2D eigenvalue weighted by Crippen LogP contribution is -2.47. The van der Waals surface area contributed by atoms with Gasteiger partial charge in [0.05, 0.1) is 17.3 Å². The van der Waals surface area contributed by atoms with Gasteiger partial charge in [-0.15, -0.1) is 0 Å². The number of aromatic nitrogens is 2. The number of carbonyl (C=O) groups excluding carboxylic acids is 1. The fourth-order valence-electron chi connectivity index (χ4n) is 2.82. The third-order valence-electron chi connectivity index (χ3n) is 3.89. The molecule has 0 spiro atoms. The summed E-state index contributed by atoms with van der Waals surface area (Å²) in [5.74, 6) is -0.0498. The van der Waals surface area contributed by atoms with Crippen molar-refractivity contribution in [3.05, 3.63) is 36.2 Å². The molecule has 0 aromatic carbocycles. The second-order valence-corrected chi connectivity index (χ2v) is 5.49. The molecule has 3 heterocycles. The molecule has 5 nitrogen and oxygen atoms in total. The molecule has 0 radical (unpaired) electrons. The van der Waals surface area contributed by atoms with Crippen LogP contribution in [0.3, 0.4) is 0 Å². The monoisotopic (exact) mass is 272 g/mol. The number of rotatable bonds is 3. The predicted molar refractivity (Wildman–Crippen MR) is 77.8 cm³/mol. The van der Waals surface area contributed by atoms with Crippen LogP contribution in [0.2, 0.25) is 0 Å². The van der Waals surface area contributed by atoms with Gasteiger partial charge in [0.2, 0.25) is 0 Å². The zero-order chi connectivity index (χ0) is 13.9. The summed E-state index contributed by atoms with van der Waals surface area (Å²) < 4.78 is 1.72. The Morgan fingerprint density at radius 2 is 2.40 bits per heavy atom. The van der Waals surface area contributed by atoms with Crippen LogP contribution in [0.5, 0.6) is 0 Å². The Labute approximate surface area is 118 Å². The van der Waals surface area contributed by atoms with Crippen molar-refractivity contribution in [1.82, 2.24) is 20.2 Å². The number of carbonyl (C=O) groups is 1. The first-order chi connectivity index (χ1) is 9.74. The lowest BCUT2D eigenvalue weighted by molar-refractivity contribution is 0.0948. The Hall–Kier alpha value is -1.88. The number of amides is 1. The van der Waals surface area contributed by atoms with Gasteiger partial charge < -0.3 is 10.6 Å². The van der Waals surface area contributed by atoms with Crippen LogP contribution in [0.25, 0.3) is 5.52 Å². The van der Waals surface area contributed by atoms with Gasteiger partial charge in [0.25, 0.3) is 5.91 Å². The van der Waals surface area contributed by atoms with Crippen LogP contribution in [0, 0.1) is 0 Å². The average Bonchev–Trinajstić information content (AvgIpc) is 2.89. The molecule has 0 bridgehead atoms. The standard InChI is InChI=1S/C15H20N4O/c1-11-5-4-6-12(18-11)9-16-15(20)13-10-17-19-8-3-2-7-14(13)19/h2-3,7-8,10-12,18H,4-6,9H2,1H3,(H,16,20). The topological polar surface area (TPSA) is 58.4 Å². The van der Waals surface area contributed by atoms with Crippen LogP contribution in [-0.4, -0.2) is 34.1 Å². The molecular weight excluding hydrogens is 252 g/mol. The molecule has 1 aliphatic heterocycles. The predicted octanol–water partition coefficient (Wildman–Crippen LogP) is 1.59. The van der Waals surface area contributed by atoms with E-state index in [1.807, 2.05) is 24.4 Å². The van der Waals surface area contributed by atoms with Crippen molar-refractivity contribution in [2.45, 2.75) is 38.3 Å². The van der Waals surface area contributed by atoms with Crippen LogP contribution in [0.15, 0.2) is 30.6 Å². The maximum absolute atomic E-state index is 12.3. The van der Waals surface area contributed by atoms with Gasteiger partial charge in [-0.2, -0.15) is 5.10 Å². The van der Waals surface area contributed by atoms with E-state index in [0.29, 0.717) is 24.2 Å². The van der Waals surface area contributed by atoms with Gasteiger partial charge in [-0.3, -0.25) is 4.79 Å². The second kappa shape index (κ2) is 5.63. The Kier molecular flexibility index (Phi) is 3.69. The normalized spacial score (nSPS) is 22.9. The molecular formula is C15H20N4O. The summed E-state index contributed by atoms with van der Waals surface area (Å²) in [6.45, 7) is 2.87. The quantitative estimate of drug-likeness (QED) is 0.892. The van der Waals surface area contributed by atoms with Gasteiger partial charge in [-0.05, 0) is 31.9 Å². The summed E-state index contributed by atoms with van der Waals surface area (Å²) in [7, 11) is 0. The lowest BCUT2D eigenvalue weighted by Gasteiger charge is -2.28. The van der Waals surface area contributed by atoms with E-state index in [9.17, 15) is 4.79 Å². The fourth-order valence-corrected chi connectivity index (χ4v) is 2.82. The van der Waals surface area contributed by atoms with Crippen LogP contribution in [-0.2, 0) is 0 Å². The first-order valence-corrected chi connectivity index (χ1v) is 7.20. The van der Waals surface area contributed by atoms with E-state index in [0.717, 1.165) is 11.9 Å². The second-order valence-electron chi connectivity index (χ2n) is 5.49. The van der Waals surface area contributed by atoms with E-state index in [-0.39, 0.29) is 5.91 Å². The van der Waals surface area contributed by atoms with Gasteiger partial charge >= 0.3 is 0 Å². The number of fused-ring (bicyclic) bond motifs is 1. The van der Waals surface area contributed by atoms with Gasteiger partial charge in [0.1, 0.15) is 0 Å².